The van der Waals surface area contributed by atoms with E-state index in [9.17, 15) is 13.2 Å². The van der Waals surface area contributed by atoms with Crippen LogP contribution in [-0.2, 0) is 6.18 Å². The number of nitrogens with one attached hydrogen (secondary N) is 1. The molecule has 1 fully saturated rings. The summed E-state index contributed by atoms with van der Waals surface area (Å²) in [6.45, 7) is 3.59. The molecule has 1 aromatic rings. The Morgan fingerprint density at radius 2 is 2.20 bits per heavy atom. The summed E-state index contributed by atoms with van der Waals surface area (Å²) in [7, 11) is 0. The van der Waals surface area contributed by atoms with E-state index in [1.807, 2.05) is 6.92 Å². The number of benzene rings is 1. The summed E-state index contributed by atoms with van der Waals surface area (Å²) >= 11 is 5.65. The molecular formula is C14H17ClF3NO. The van der Waals surface area contributed by atoms with Crippen molar-refractivity contribution < 1.29 is 17.9 Å². The fourth-order valence-electron chi connectivity index (χ4n) is 2.50. The second-order valence-corrected chi connectivity index (χ2v) is 5.39. The molecule has 20 heavy (non-hydrogen) atoms. The summed E-state index contributed by atoms with van der Waals surface area (Å²) in [5.74, 6) is 0.109. The zero-order valence-electron chi connectivity index (χ0n) is 11.1. The van der Waals surface area contributed by atoms with Gasteiger partial charge in [-0.05, 0) is 37.6 Å². The highest BCUT2D eigenvalue weighted by Crippen LogP contribution is 2.39. The smallest absolute Gasteiger partial charge is 0.420 e. The molecule has 1 N–H and O–H groups in total. The molecule has 0 aromatic heterocycles. The Morgan fingerprint density at radius 3 is 2.75 bits per heavy atom. The van der Waals surface area contributed by atoms with Crippen LogP contribution in [0.5, 0.6) is 5.75 Å². The second kappa shape index (κ2) is 6.22. The average Bonchev–Trinajstić information content (AvgIpc) is 2.90. The molecule has 0 amide bonds. The zero-order valence-corrected chi connectivity index (χ0v) is 11.9. The normalized spacial score (nSPS) is 20.9. The minimum absolute atomic E-state index is 0.0558. The lowest BCUT2D eigenvalue weighted by Crippen LogP contribution is -2.29. The van der Waals surface area contributed by atoms with Crippen LogP contribution in [0.2, 0.25) is 5.02 Å². The third-order valence-electron chi connectivity index (χ3n) is 3.55. The van der Waals surface area contributed by atoms with Gasteiger partial charge in [0.25, 0.3) is 0 Å². The quantitative estimate of drug-likeness (QED) is 0.903. The van der Waals surface area contributed by atoms with Crippen LogP contribution >= 0.6 is 11.6 Å². The van der Waals surface area contributed by atoms with Gasteiger partial charge in [-0.2, -0.15) is 13.2 Å². The lowest BCUT2D eigenvalue weighted by atomic mass is 9.99. The second-order valence-electron chi connectivity index (χ2n) is 4.96. The van der Waals surface area contributed by atoms with Crippen molar-refractivity contribution in [2.24, 2.45) is 5.92 Å². The van der Waals surface area contributed by atoms with E-state index in [2.05, 4.69) is 5.32 Å². The highest BCUT2D eigenvalue weighted by Gasteiger charge is 2.36. The predicted octanol–water partition coefficient (Wildman–Crippen LogP) is 4.13. The zero-order chi connectivity index (χ0) is 14.8. The van der Waals surface area contributed by atoms with Crippen LogP contribution in [0.15, 0.2) is 18.2 Å². The van der Waals surface area contributed by atoms with Crippen molar-refractivity contribution in [2.75, 3.05) is 13.1 Å². The van der Waals surface area contributed by atoms with Gasteiger partial charge in [-0.1, -0.05) is 18.5 Å². The van der Waals surface area contributed by atoms with Crippen LogP contribution < -0.4 is 10.1 Å². The minimum atomic E-state index is -4.47. The lowest BCUT2D eigenvalue weighted by Gasteiger charge is -2.25. The molecule has 0 radical (unpaired) electrons. The largest absolute Gasteiger partial charge is 0.489 e. The Morgan fingerprint density at radius 1 is 1.45 bits per heavy atom. The number of halogens is 4. The molecule has 112 valence electrons. The molecule has 2 nitrogen and oxygen atoms in total. The number of rotatable bonds is 4. The van der Waals surface area contributed by atoms with Gasteiger partial charge in [0.1, 0.15) is 11.9 Å². The average molecular weight is 308 g/mol. The monoisotopic (exact) mass is 307 g/mol. The molecule has 0 saturated carbocycles. The Kier molecular flexibility index (Phi) is 4.81. The van der Waals surface area contributed by atoms with E-state index in [1.54, 1.807) is 0 Å². The van der Waals surface area contributed by atoms with Gasteiger partial charge < -0.3 is 10.1 Å². The number of hydrogen-bond acceptors (Lipinski definition) is 2. The first-order chi connectivity index (χ1) is 9.41. The Bertz CT molecular complexity index is 458. The molecule has 0 spiro atoms. The van der Waals surface area contributed by atoms with E-state index in [1.165, 1.54) is 12.1 Å². The van der Waals surface area contributed by atoms with Crippen molar-refractivity contribution in [2.45, 2.75) is 32.0 Å². The molecule has 0 bridgehead atoms. The van der Waals surface area contributed by atoms with Crippen LogP contribution in [0.3, 0.4) is 0 Å². The van der Waals surface area contributed by atoms with Crippen molar-refractivity contribution in [1.29, 1.82) is 0 Å². The molecule has 1 heterocycles. The fourth-order valence-corrected chi connectivity index (χ4v) is 2.67. The van der Waals surface area contributed by atoms with E-state index in [4.69, 9.17) is 16.3 Å². The van der Waals surface area contributed by atoms with Crippen molar-refractivity contribution in [3.05, 3.63) is 28.8 Å². The lowest BCUT2D eigenvalue weighted by molar-refractivity contribution is -0.139. The van der Waals surface area contributed by atoms with Gasteiger partial charge in [-0.25, -0.2) is 0 Å². The SMILES string of the molecule is CC[C@H](Oc1ccc(Cl)cc1C(F)(F)F)C1CCNC1. The molecule has 1 aliphatic heterocycles. The van der Waals surface area contributed by atoms with E-state index in [0.717, 1.165) is 25.6 Å². The maximum Gasteiger partial charge on any atom is 0.420 e. The molecule has 1 saturated heterocycles. The topological polar surface area (TPSA) is 21.3 Å². The van der Waals surface area contributed by atoms with Gasteiger partial charge >= 0.3 is 6.18 Å². The summed E-state index contributed by atoms with van der Waals surface area (Å²) in [5, 5.41) is 3.26. The van der Waals surface area contributed by atoms with Crippen LogP contribution in [0.25, 0.3) is 0 Å². The van der Waals surface area contributed by atoms with Crippen LogP contribution in [0.4, 0.5) is 13.2 Å². The third-order valence-corrected chi connectivity index (χ3v) is 3.79. The molecule has 2 atom stereocenters. The molecule has 1 aliphatic rings. The highest BCUT2D eigenvalue weighted by molar-refractivity contribution is 6.30. The van der Waals surface area contributed by atoms with Gasteiger partial charge in [0, 0.05) is 17.5 Å². The summed E-state index contributed by atoms with van der Waals surface area (Å²) in [6.07, 6.45) is -3.08. The molecule has 1 aromatic carbocycles. The van der Waals surface area contributed by atoms with E-state index < -0.39 is 11.7 Å². The van der Waals surface area contributed by atoms with Crippen molar-refractivity contribution in [1.82, 2.24) is 5.32 Å². The van der Waals surface area contributed by atoms with E-state index in [0.29, 0.717) is 6.42 Å². The van der Waals surface area contributed by atoms with Crippen molar-refractivity contribution in [3.8, 4) is 5.75 Å². The number of hydrogen-bond donors (Lipinski definition) is 1. The standard InChI is InChI=1S/C14H17ClF3NO/c1-2-12(9-5-6-19-8-9)20-13-4-3-10(15)7-11(13)14(16,17)18/h3-4,7,9,12,19H,2,5-6,8H2,1H3/t9?,12-/m0/s1. The maximum atomic E-state index is 13.0. The van der Waals surface area contributed by atoms with Crippen LogP contribution in [0, 0.1) is 5.92 Å². The van der Waals surface area contributed by atoms with Gasteiger partial charge in [0.2, 0.25) is 0 Å². The first-order valence-corrected chi connectivity index (χ1v) is 7.03. The minimum Gasteiger partial charge on any atom is -0.489 e. The Hall–Kier alpha value is -0.940. The van der Waals surface area contributed by atoms with E-state index >= 15 is 0 Å². The van der Waals surface area contributed by atoms with Gasteiger partial charge in [0.15, 0.2) is 0 Å². The summed E-state index contributed by atoms with van der Waals surface area (Å²) in [5.41, 5.74) is -0.811. The molecule has 2 rings (SSSR count). The molecular weight excluding hydrogens is 291 g/mol. The van der Waals surface area contributed by atoms with Gasteiger partial charge in [-0.15, -0.1) is 0 Å². The molecule has 6 heteroatoms. The highest BCUT2D eigenvalue weighted by atomic mass is 35.5. The van der Waals surface area contributed by atoms with E-state index in [-0.39, 0.29) is 22.8 Å². The van der Waals surface area contributed by atoms with Gasteiger partial charge in [-0.3, -0.25) is 0 Å². The van der Waals surface area contributed by atoms with Crippen molar-refractivity contribution in [3.63, 3.8) is 0 Å². The molecule has 1 unspecified atom stereocenters. The fraction of sp³-hybridized carbons (Fsp3) is 0.571. The summed E-state index contributed by atoms with van der Waals surface area (Å²) in [6, 6.07) is 3.64. The maximum absolute atomic E-state index is 13.0. The van der Waals surface area contributed by atoms with Crippen LogP contribution in [-0.4, -0.2) is 19.2 Å². The van der Waals surface area contributed by atoms with Crippen molar-refractivity contribution >= 4 is 11.6 Å². The first-order valence-electron chi connectivity index (χ1n) is 6.66. The Balaban J connectivity index is 2.23. The summed E-state index contributed by atoms with van der Waals surface area (Å²) < 4.78 is 44.7. The van der Waals surface area contributed by atoms with Gasteiger partial charge in [0.05, 0.1) is 5.56 Å². The third kappa shape index (κ3) is 3.58. The number of alkyl halides is 3. The predicted molar refractivity (Wildman–Crippen MR) is 72.1 cm³/mol. The summed E-state index contributed by atoms with van der Waals surface area (Å²) in [4.78, 5) is 0. The Labute approximate surface area is 121 Å². The first kappa shape index (κ1) is 15.4. The van der Waals surface area contributed by atoms with Crippen LogP contribution in [0.1, 0.15) is 25.3 Å². The molecule has 0 aliphatic carbocycles. The number of ether oxygens (including phenoxy) is 1.